The highest BCUT2D eigenvalue weighted by Crippen LogP contribution is 2.40. The minimum Gasteiger partial charge on any atom is -0.324 e. The molecule has 0 bridgehead atoms. The van der Waals surface area contributed by atoms with Crippen LogP contribution in [0.1, 0.15) is 24.0 Å². The van der Waals surface area contributed by atoms with Crippen LogP contribution in [0.25, 0.3) is 0 Å². The van der Waals surface area contributed by atoms with Crippen LogP contribution in [0.2, 0.25) is 0 Å². The maximum absolute atomic E-state index is 12.7. The summed E-state index contributed by atoms with van der Waals surface area (Å²) in [7, 11) is 0. The molecule has 4 nitrogen and oxygen atoms in total. The number of carbonyl (C=O) groups excluding carboxylic acids is 1. The molecule has 2 aliphatic rings. The monoisotopic (exact) mass is 403 g/mol. The number of likely N-dealkylation sites (tertiary alicyclic amines) is 2. The van der Waals surface area contributed by atoms with Crippen molar-refractivity contribution >= 4 is 11.7 Å². The predicted octanol–water partition coefficient (Wildman–Crippen LogP) is 4.84. The lowest BCUT2D eigenvalue weighted by atomic mass is 9.86. The van der Waals surface area contributed by atoms with Crippen molar-refractivity contribution in [3.63, 3.8) is 0 Å². The van der Waals surface area contributed by atoms with Crippen LogP contribution in [0.15, 0.2) is 54.6 Å². The largest absolute Gasteiger partial charge is 0.416 e. The molecule has 1 unspecified atom stereocenters. The number of nitrogens with one attached hydrogen (secondary N) is 1. The van der Waals surface area contributed by atoms with E-state index < -0.39 is 11.7 Å². The molecule has 0 aliphatic carbocycles. The Morgan fingerprint density at radius 3 is 2.34 bits per heavy atom. The Labute approximate surface area is 168 Å². The van der Waals surface area contributed by atoms with E-state index in [4.69, 9.17) is 0 Å². The number of alkyl halides is 3. The van der Waals surface area contributed by atoms with Crippen LogP contribution in [0.5, 0.6) is 0 Å². The third-order valence-electron chi connectivity index (χ3n) is 5.96. The minimum absolute atomic E-state index is 0.117. The van der Waals surface area contributed by atoms with Gasteiger partial charge in [0.15, 0.2) is 0 Å². The summed E-state index contributed by atoms with van der Waals surface area (Å²) >= 11 is 0. The molecule has 0 saturated carbocycles. The van der Waals surface area contributed by atoms with Crippen LogP contribution < -0.4 is 5.32 Å². The van der Waals surface area contributed by atoms with Crippen LogP contribution in [0, 0.1) is 5.41 Å². The number of hydrogen-bond donors (Lipinski definition) is 1. The summed E-state index contributed by atoms with van der Waals surface area (Å²) in [4.78, 5) is 16.8. The number of amides is 2. The van der Waals surface area contributed by atoms with Crippen LogP contribution >= 0.6 is 0 Å². The third kappa shape index (κ3) is 4.56. The summed E-state index contributed by atoms with van der Waals surface area (Å²) in [6.45, 7) is 4.26. The molecule has 29 heavy (non-hydrogen) atoms. The lowest BCUT2D eigenvalue weighted by molar-refractivity contribution is -0.137. The lowest BCUT2D eigenvalue weighted by Gasteiger charge is -2.25. The van der Waals surface area contributed by atoms with Crippen molar-refractivity contribution in [2.24, 2.45) is 5.41 Å². The normalized spacial score (nSPS) is 22.4. The number of halogens is 3. The van der Waals surface area contributed by atoms with E-state index in [9.17, 15) is 18.0 Å². The first-order chi connectivity index (χ1) is 13.8. The van der Waals surface area contributed by atoms with Gasteiger partial charge in [-0.1, -0.05) is 30.3 Å². The number of anilines is 1. The standard InChI is InChI=1S/C22H24F3N3O/c23-22(24,25)18-6-8-19(9-7-18)26-20(29)28-13-11-21(16-28)10-12-27(15-21)14-17-4-2-1-3-5-17/h1-9H,10-16H2,(H,26,29). The van der Waals surface area contributed by atoms with Gasteiger partial charge in [0.1, 0.15) is 0 Å². The van der Waals surface area contributed by atoms with Gasteiger partial charge in [-0.05, 0) is 49.2 Å². The fraction of sp³-hybridized carbons (Fsp3) is 0.409. The molecule has 2 amide bonds. The average molecular weight is 403 g/mol. The summed E-state index contributed by atoms with van der Waals surface area (Å²) < 4.78 is 38.0. The zero-order valence-corrected chi connectivity index (χ0v) is 16.1. The highest BCUT2D eigenvalue weighted by Gasteiger charge is 2.44. The first-order valence-corrected chi connectivity index (χ1v) is 9.83. The van der Waals surface area contributed by atoms with E-state index >= 15 is 0 Å². The molecule has 2 fully saturated rings. The number of rotatable bonds is 3. The Morgan fingerprint density at radius 2 is 1.66 bits per heavy atom. The van der Waals surface area contributed by atoms with E-state index in [2.05, 4.69) is 22.3 Å². The topological polar surface area (TPSA) is 35.6 Å². The number of nitrogens with zero attached hydrogens (tertiary/aromatic N) is 2. The fourth-order valence-electron chi connectivity index (χ4n) is 4.39. The molecule has 1 N–H and O–H groups in total. The van der Waals surface area contributed by atoms with Gasteiger partial charge in [0, 0.05) is 37.3 Å². The molecule has 0 aromatic heterocycles. The van der Waals surface area contributed by atoms with Gasteiger partial charge in [-0.25, -0.2) is 4.79 Å². The SMILES string of the molecule is O=C(Nc1ccc(C(F)(F)F)cc1)N1CCC2(CCN(Cc3ccccc3)C2)C1. The summed E-state index contributed by atoms with van der Waals surface area (Å²) in [6.07, 6.45) is -2.36. The molecule has 1 spiro atoms. The second-order valence-electron chi connectivity index (χ2n) is 8.12. The molecule has 0 radical (unpaired) electrons. The quantitative estimate of drug-likeness (QED) is 0.796. The van der Waals surface area contributed by atoms with Gasteiger partial charge in [0.2, 0.25) is 0 Å². The molecular weight excluding hydrogens is 379 g/mol. The van der Waals surface area contributed by atoms with Crippen LogP contribution in [-0.2, 0) is 12.7 Å². The molecule has 154 valence electrons. The molecule has 2 aromatic rings. The van der Waals surface area contributed by atoms with E-state index in [1.165, 1.54) is 17.7 Å². The van der Waals surface area contributed by atoms with Crippen LogP contribution in [0.3, 0.4) is 0 Å². The molecule has 2 saturated heterocycles. The minimum atomic E-state index is -4.38. The fourth-order valence-corrected chi connectivity index (χ4v) is 4.39. The van der Waals surface area contributed by atoms with Crippen molar-refractivity contribution in [1.29, 1.82) is 0 Å². The van der Waals surface area contributed by atoms with Gasteiger partial charge in [-0.2, -0.15) is 13.2 Å². The smallest absolute Gasteiger partial charge is 0.324 e. The van der Waals surface area contributed by atoms with Crippen molar-refractivity contribution in [3.05, 3.63) is 65.7 Å². The molecule has 2 aliphatic heterocycles. The Morgan fingerprint density at radius 1 is 0.966 bits per heavy atom. The maximum Gasteiger partial charge on any atom is 0.416 e. The number of urea groups is 1. The number of hydrogen-bond acceptors (Lipinski definition) is 2. The second-order valence-corrected chi connectivity index (χ2v) is 8.12. The highest BCUT2D eigenvalue weighted by molar-refractivity contribution is 5.89. The Hall–Kier alpha value is -2.54. The van der Waals surface area contributed by atoms with Crippen LogP contribution in [-0.4, -0.2) is 42.0 Å². The molecule has 1 atom stereocenters. The Balaban J connectivity index is 1.32. The highest BCUT2D eigenvalue weighted by atomic mass is 19.4. The van der Waals surface area contributed by atoms with E-state index in [0.29, 0.717) is 18.8 Å². The van der Waals surface area contributed by atoms with Crippen molar-refractivity contribution < 1.29 is 18.0 Å². The zero-order valence-electron chi connectivity index (χ0n) is 16.1. The molecule has 2 heterocycles. The van der Waals surface area contributed by atoms with Gasteiger partial charge in [0.05, 0.1) is 5.56 Å². The van der Waals surface area contributed by atoms with E-state index in [0.717, 1.165) is 44.6 Å². The number of benzene rings is 2. The zero-order chi connectivity index (χ0) is 20.5. The maximum atomic E-state index is 12.7. The molecule has 4 rings (SSSR count). The lowest BCUT2D eigenvalue weighted by Crippen LogP contribution is -2.36. The summed E-state index contributed by atoms with van der Waals surface area (Å²) in [5.41, 5.74) is 1.06. The first kappa shape index (κ1) is 19.8. The van der Waals surface area contributed by atoms with Crippen molar-refractivity contribution in [1.82, 2.24) is 9.80 Å². The summed E-state index contributed by atoms with van der Waals surface area (Å²) in [5, 5.41) is 2.73. The van der Waals surface area contributed by atoms with E-state index in [1.807, 2.05) is 18.2 Å². The van der Waals surface area contributed by atoms with Gasteiger partial charge in [-0.15, -0.1) is 0 Å². The Bertz CT molecular complexity index is 854. The van der Waals surface area contributed by atoms with Crippen molar-refractivity contribution in [2.75, 3.05) is 31.5 Å². The van der Waals surface area contributed by atoms with Crippen LogP contribution in [0.4, 0.5) is 23.7 Å². The van der Waals surface area contributed by atoms with Gasteiger partial charge in [-0.3, -0.25) is 4.90 Å². The van der Waals surface area contributed by atoms with E-state index in [-0.39, 0.29) is 11.4 Å². The number of carbonyl (C=O) groups is 1. The van der Waals surface area contributed by atoms with Gasteiger partial charge >= 0.3 is 12.2 Å². The average Bonchev–Trinajstić information content (AvgIpc) is 3.29. The third-order valence-corrected chi connectivity index (χ3v) is 5.96. The van der Waals surface area contributed by atoms with Gasteiger partial charge < -0.3 is 10.2 Å². The molecular formula is C22H24F3N3O. The van der Waals surface area contributed by atoms with Crippen molar-refractivity contribution in [3.8, 4) is 0 Å². The van der Waals surface area contributed by atoms with E-state index in [1.54, 1.807) is 4.90 Å². The first-order valence-electron chi connectivity index (χ1n) is 9.83. The summed E-state index contributed by atoms with van der Waals surface area (Å²) in [6, 6.07) is 14.7. The summed E-state index contributed by atoms with van der Waals surface area (Å²) in [5.74, 6) is 0. The second kappa shape index (κ2) is 7.71. The predicted molar refractivity (Wildman–Crippen MR) is 105 cm³/mol. The Kier molecular flexibility index (Phi) is 5.25. The molecule has 7 heteroatoms. The molecule has 2 aromatic carbocycles. The van der Waals surface area contributed by atoms with Crippen molar-refractivity contribution in [2.45, 2.75) is 25.6 Å². The van der Waals surface area contributed by atoms with Gasteiger partial charge in [0.25, 0.3) is 0 Å².